The van der Waals surface area contributed by atoms with Gasteiger partial charge in [-0.05, 0) is 44.0 Å². The van der Waals surface area contributed by atoms with E-state index in [1.54, 1.807) is 0 Å². The molecule has 1 aromatic carbocycles. The second kappa shape index (κ2) is 5.08. The lowest BCUT2D eigenvalue weighted by atomic mass is 9.95. The highest BCUT2D eigenvalue weighted by molar-refractivity contribution is 5.81. The maximum atomic E-state index is 11.5. The lowest BCUT2D eigenvalue weighted by Crippen LogP contribution is -2.11. The SMILES string of the molecule is Cc1cc(C)c(CC(=O)CCN)c(C)c1. The second-order valence-electron chi connectivity index (χ2n) is 4.13. The molecule has 82 valence electrons. The quantitative estimate of drug-likeness (QED) is 0.817. The van der Waals surface area contributed by atoms with Crippen molar-refractivity contribution >= 4 is 5.78 Å². The molecule has 0 saturated heterocycles. The van der Waals surface area contributed by atoms with Crippen molar-refractivity contribution in [2.24, 2.45) is 5.73 Å². The highest BCUT2D eigenvalue weighted by Crippen LogP contribution is 2.17. The van der Waals surface area contributed by atoms with E-state index in [-0.39, 0.29) is 5.78 Å². The van der Waals surface area contributed by atoms with Crippen LogP contribution in [0.3, 0.4) is 0 Å². The smallest absolute Gasteiger partial charge is 0.138 e. The Balaban J connectivity index is 2.90. The zero-order valence-electron chi connectivity index (χ0n) is 9.76. The van der Waals surface area contributed by atoms with E-state index in [0.29, 0.717) is 19.4 Å². The number of hydrogen-bond donors (Lipinski definition) is 1. The molecule has 0 aromatic heterocycles. The van der Waals surface area contributed by atoms with Gasteiger partial charge in [-0.1, -0.05) is 17.7 Å². The Morgan fingerprint density at radius 2 is 1.73 bits per heavy atom. The number of carbonyl (C=O) groups excluding carboxylic acids is 1. The van der Waals surface area contributed by atoms with E-state index in [0.717, 1.165) is 0 Å². The fourth-order valence-corrected chi connectivity index (χ4v) is 1.94. The van der Waals surface area contributed by atoms with Crippen LogP contribution in [0, 0.1) is 20.8 Å². The predicted octanol–water partition coefficient (Wildman–Crippen LogP) is 2.07. The molecule has 2 N–H and O–H groups in total. The van der Waals surface area contributed by atoms with Crippen molar-refractivity contribution < 1.29 is 4.79 Å². The summed E-state index contributed by atoms with van der Waals surface area (Å²) in [6.45, 7) is 6.64. The molecule has 0 aliphatic carbocycles. The fraction of sp³-hybridized carbons (Fsp3) is 0.462. The maximum Gasteiger partial charge on any atom is 0.138 e. The van der Waals surface area contributed by atoms with Gasteiger partial charge in [0.2, 0.25) is 0 Å². The molecular weight excluding hydrogens is 186 g/mol. The van der Waals surface area contributed by atoms with Gasteiger partial charge in [-0.3, -0.25) is 4.79 Å². The van der Waals surface area contributed by atoms with E-state index in [4.69, 9.17) is 5.73 Å². The summed E-state index contributed by atoms with van der Waals surface area (Å²) in [7, 11) is 0. The van der Waals surface area contributed by atoms with Gasteiger partial charge in [0, 0.05) is 12.8 Å². The van der Waals surface area contributed by atoms with Crippen LogP contribution in [0.1, 0.15) is 28.7 Å². The normalized spacial score (nSPS) is 10.4. The number of hydrogen-bond acceptors (Lipinski definition) is 2. The van der Waals surface area contributed by atoms with Gasteiger partial charge in [-0.15, -0.1) is 0 Å². The third kappa shape index (κ3) is 3.17. The molecule has 0 bridgehead atoms. The number of rotatable bonds is 4. The van der Waals surface area contributed by atoms with Crippen molar-refractivity contribution in [3.63, 3.8) is 0 Å². The summed E-state index contributed by atoms with van der Waals surface area (Å²) in [5.74, 6) is 0.229. The van der Waals surface area contributed by atoms with Gasteiger partial charge >= 0.3 is 0 Å². The van der Waals surface area contributed by atoms with Crippen LogP contribution >= 0.6 is 0 Å². The summed E-state index contributed by atoms with van der Waals surface area (Å²) in [6, 6.07) is 4.25. The van der Waals surface area contributed by atoms with Crippen molar-refractivity contribution in [3.8, 4) is 0 Å². The van der Waals surface area contributed by atoms with Crippen molar-refractivity contribution in [2.75, 3.05) is 6.54 Å². The topological polar surface area (TPSA) is 43.1 Å². The van der Waals surface area contributed by atoms with Gasteiger partial charge in [-0.2, -0.15) is 0 Å². The number of carbonyl (C=O) groups is 1. The molecule has 0 amide bonds. The molecule has 0 heterocycles. The lowest BCUT2D eigenvalue weighted by Gasteiger charge is -2.10. The van der Waals surface area contributed by atoms with E-state index < -0.39 is 0 Å². The highest BCUT2D eigenvalue weighted by atomic mass is 16.1. The van der Waals surface area contributed by atoms with Crippen molar-refractivity contribution in [3.05, 3.63) is 34.4 Å². The van der Waals surface area contributed by atoms with E-state index in [1.807, 2.05) is 0 Å². The van der Waals surface area contributed by atoms with E-state index in [9.17, 15) is 4.79 Å². The standard InChI is InChI=1S/C13H19NO/c1-9-6-10(2)13(11(3)7-9)8-12(15)4-5-14/h6-7H,4-5,8,14H2,1-3H3. The molecule has 0 unspecified atom stereocenters. The first-order valence-electron chi connectivity index (χ1n) is 5.33. The van der Waals surface area contributed by atoms with Crippen LogP contribution in [-0.2, 0) is 11.2 Å². The molecule has 0 saturated carbocycles. The predicted molar refractivity (Wildman–Crippen MR) is 63.0 cm³/mol. The molecule has 2 heteroatoms. The molecule has 0 aliphatic rings. The first kappa shape index (κ1) is 11.9. The minimum atomic E-state index is 0.229. The molecule has 15 heavy (non-hydrogen) atoms. The second-order valence-corrected chi connectivity index (χ2v) is 4.13. The molecule has 0 fully saturated rings. The Labute approximate surface area is 91.5 Å². The van der Waals surface area contributed by atoms with Gasteiger partial charge in [0.05, 0.1) is 0 Å². The largest absolute Gasteiger partial charge is 0.330 e. The number of benzene rings is 1. The molecule has 0 atom stereocenters. The summed E-state index contributed by atoms with van der Waals surface area (Å²) >= 11 is 0. The molecule has 1 aromatic rings. The van der Waals surface area contributed by atoms with Gasteiger partial charge in [0.25, 0.3) is 0 Å². The molecule has 0 spiro atoms. The highest BCUT2D eigenvalue weighted by Gasteiger charge is 2.08. The van der Waals surface area contributed by atoms with Crippen LogP contribution in [0.4, 0.5) is 0 Å². The molecule has 0 radical (unpaired) electrons. The van der Waals surface area contributed by atoms with E-state index in [1.165, 1.54) is 22.3 Å². The van der Waals surface area contributed by atoms with Crippen molar-refractivity contribution in [2.45, 2.75) is 33.6 Å². The summed E-state index contributed by atoms with van der Waals surface area (Å²) in [5, 5.41) is 0. The average Bonchev–Trinajstić information content (AvgIpc) is 2.11. The Morgan fingerprint density at radius 3 is 2.20 bits per heavy atom. The van der Waals surface area contributed by atoms with Crippen LogP contribution in [0.2, 0.25) is 0 Å². The van der Waals surface area contributed by atoms with E-state index in [2.05, 4.69) is 32.9 Å². The number of nitrogens with two attached hydrogens (primary N) is 1. The zero-order valence-corrected chi connectivity index (χ0v) is 9.76. The number of Topliss-reactive ketones (excluding diaryl/α,β-unsaturated/α-hetero) is 1. The zero-order chi connectivity index (χ0) is 11.4. The van der Waals surface area contributed by atoms with Crippen molar-refractivity contribution in [1.29, 1.82) is 0 Å². The van der Waals surface area contributed by atoms with Gasteiger partial charge < -0.3 is 5.73 Å². The fourth-order valence-electron chi connectivity index (χ4n) is 1.94. The first-order chi connectivity index (χ1) is 7.04. The minimum absolute atomic E-state index is 0.229. The van der Waals surface area contributed by atoms with Crippen LogP contribution < -0.4 is 5.73 Å². The number of ketones is 1. The summed E-state index contributed by atoms with van der Waals surface area (Å²) in [4.78, 5) is 11.5. The van der Waals surface area contributed by atoms with Crippen LogP contribution in [0.5, 0.6) is 0 Å². The van der Waals surface area contributed by atoms with Crippen LogP contribution in [0.25, 0.3) is 0 Å². The Morgan fingerprint density at radius 1 is 1.20 bits per heavy atom. The minimum Gasteiger partial charge on any atom is -0.330 e. The average molecular weight is 205 g/mol. The number of aryl methyl sites for hydroxylation is 3. The Bertz CT molecular complexity index is 346. The molecule has 2 nitrogen and oxygen atoms in total. The van der Waals surface area contributed by atoms with Gasteiger partial charge in [0.15, 0.2) is 0 Å². The van der Waals surface area contributed by atoms with Crippen LogP contribution in [-0.4, -0.2) is 12.3 Å². The van der Waals surface area contributed by atoms with Crippen LogP contribution in [0.15, 0.2) is 12.1 Å². The maximum absolute atomic E-state index is 11.5. The first-order valence-corrected chi connectivity index (χ1v) is 5.33. The van der Waals surface area contributed by atoms with Crippen molar-refractivity contribution in [1.82, 2.24) is 0 Å². The molecule has 0 aliphatic heterocycles. The summed E-state index contributed by atoms with van der Waals surface area (Å²) in [6.07, 6.45) is 1.00. The Hall–Kier alpha value is -1.15. The van der Waals surface area contributed by atoms with E-state index >= 15 is 0 Å². The third-order valence-corrected chi connectivity index (χ3v) is 2.64. The lowest BCUT2D eigenvalue weighted by molar-refractivity contribution is -0.118. The van der Waals surface area contributed by atoms with Gasteiger partial charge in [0.1, 0.15) is 5.78 Å². The summed E-state index contributed by atoms with van der Waals surface area (Å²) in [5.41, 5.74) is 10.2. The third-order valence-electron chi connectivity index (χ3n) is 2.64. The summed E-state index contributed by atoms with van der Waals surface area (Å²) < 4.78 is 0. The molecular formula is C13H19NO. The molecule has 1 rings (SSSR count). The van der Waals surface area contributed by atoms with Gasteiger partial charge in [-0.25, -0.2) is 0 Å². The Kier molecular flexibility index (Phi) is 4.04. The monoisotopic (exact) mass is 205 g/mol.